The van der Waals surface area contributed by atoms with Gasteiger partial charge >= 0.3 is 0 Å². The number of hydrogen-bond donors (Lipinski definition) is 0. The minimum Gasteiger partial charge on any atom is -0.246 e. The molecule has 0 N–H and O–H groups in total. The summed E-state index contributed by atoms with van der Waals surface area (Å²) in [6.45, 7) is 0. The summed E-state index contributed by atoms with van der Waals surface area (Å²) >= 11 is 1.81. The van der Waals surface area contributed by atoms with Gasteiger partial charge in [-0.15, -0.1) is 11.3 Å². The molecule has 3 heterocycles. The second kappa shape index (κ2) is 13.5. The van der Waals surface area contributed by atoms with Gasteiger partial charge in [-0.2, -0.15) is 0 Å². The zero-order chi connectivity index (χ0) is 38.9. The molecular weight excluding hydrogens is 737 g/mol. The van der Waals surface area contributed by atoms with Crippen LogP contribution in [0.5, 0.6) is 0 Å². The SMILES string of the molecule is c1ccc(-c2nc(-c3cccc(-c4nc5c6ccccc6sc5c5ccccc45)c3)nc(-c3ccc(-c4ccc5c(ccc6ccccc65)c4)c4ccccc34)n2)cc1. The summed E-state index contributed by atoms with van der Waals surface area (Å²) in [6, 6.07) is 68.6. The molecule has 0 unspecified atom stereocenters. The number of rotatable bonds is 5. The number of nitrogens with zero attached hydrogens (tertiary/aromatic N) is 4. The lowest BCUT2D eigenvalue weighted by Gasteiger charge is -2.14. The van der Waals surface area contributed by atoms with Gasteiger partial charge in [0.1, 0.15) is 0 Å². The van der Waals surface area contributed by atoms with Crippen molar-refractivity contribution in [2.45, 2.75) is 0 Å². The number of pyridine rings is 1. The van der Waals surface area contributed by atoms with Crippen molar-refractivity contribution < 1.29 is 0 Å². The highest BCUT2D eigenvalue weighted by Gasteiger charge is 2.19. The number of fused-ring (bicyclic) bond motifs is 9. The van der Waals surface area contributed by atoms with Crippen molar-refractivity contribution in [3.05, 3.63) is 194 Å². The Hall–Kier alpha value is -7.60. The summed E-state index contributed by atoms with van der Waals surface area (Å²) < 4.78 is 2.45. The van der Waals surface area contributed by atoms with E-state index in [0.29, 0.717) is 17.5 Å². The highest BCUT2D eigenvalue weighted by molar-refractivity contribution is 7.26. The summed E-state index contributed by atoms with van der Waals surface area (Å²) in [4.78, 5) is 20.9. The van der Waals surface area contributed by atoms with Gasteiger partial charge < -0.3 is 0 Å². The van der Waals surface area contributed by atoms with Gasteiger partial charge in [0.05, 0.1) is 15.9 Å². The third kappa shape index (κ3) is 5.58. The van der Waals surface area contributed by atoms with E-state index in [4.69, 9.17) is 19.9 Å². The second-order valence-corrected chi connectivity index (χ2v) is 16.0. The molecule has 0 amide bonds. The average molecular weight is 769 g/mol. The molecule has 5 heteroatoms. The lowest BCUT2D eigenvalue weighted by Crippen LogP contribution is -2.01. The number of aromatic nitrogens is 4. The summed E-state index contributed by atoms with van der Waals surface area (Å²) in [5.41, 5.74) is 8.11. The predicted molar refractivity (Wildman–Crippen MR) is 248 cm³/mol. The molecule has 0 radical (unpaired) electrons. The Kier molecular flexibility index (Phi) is 7.68. The molecule has 0 spiro atoms. The highest BCUT2D eigenvalue weighted by Crippen LogP contribution is 2.42. The molecule has 0 aliphatic heterocycles. The van der Waals surface area contributed by atoms with Crippen LogP contribution >= 0.6 is 11.3 Å². The largest absolute Gasteiger partial charge is 0.246 e. The van der Waals surface area contributed by atoms with Crippen LogP contribution in [0.3, 0.4) is 0 Å². The van der Waals surface area contributed by atoms with Crippen molar-refractivity contribution >= 4 is 74.7 Å². The molecule has 0 atom stereocenters. The fourth-order valence-electron chi connectivity index (χ4n) is 8.68. The van der Waals surface area contributed by atoms with E-state index in [1.54, 1.807) is 11.3 Å². The van der Waals surface area contributed by atoms with Crippen molar-refractivity contribution in [2.24, 2.45) is 0 Å². The molecule has 4 nitrogen and oxygen atoms in total. The van der Waals surface area contributed by atoms with E-state index in [0.717, 1.165) is 49.6 Å². The van der Waals surface area contributed by atoms with Gasteiger partial charge in [-0.3, -0.25) is 0 Å². The number of hydrogen-bond acceptors (Lipinski definition) is 5. The molecule has 0 aliphatic carbocycles. The lowest BCUT2D eigenvalue weighted by atomic mass is 9.92. The van der Waals surface area contributed by atoms with E-state index in [9.17, 15) is 0 Å². The third-order valence-corrected chi connectivity index (χ3v) is 12.7. The van der Waals surface area contributed by atoms with E-state index in [2.05, 4.69) is 176 Å². The summed E-state index contributed by atoms with van der Waals surface area (Å²) in [5, 5.41) is 10.7. The van der Waals surface area contributed by atoms with Crippen LogP contribution in [-0.4, -0.2) is 19.9 Å². The molecule has 3 aromatic heterocycles. The maximum absolute atomic E-state index is 5.38. The smallest absolute Gasteiger partial charge is 0.164 e. The fourth-order valence-corrected chi connectivity index (χ4v) is 9.86. The first-order chi connectivity index (χ1) is 29.2. The molecule has 0 aliphatic rings. The van der Waals surface area contributed by atoms with Gasteiger partial charge in [0.2, 0.25) is 0 Å². The van der Waals surface area contributed by atoms with Crippen LogP contribution in [0.15, 0.2) is 194 Å². The van der Waals surface area contributed by atoms with Crippen molar-refractivity contribution in [3.8, 4) is 56.5 Å². The topological polar surface area (TPSA) is 51.6 Å². The maximum atomic E-state index is 5.38. The normalized spacial score (nSPS) is 11.7. The van der Waals surface area contributed by atoms with Crippen LogP contribution < -0.4 is 0 Å². The Labute approximate surface area is 343 Å². The first-order valence-corrected chi connectivity index (χ1v) is 20.6. The van der Waals surface area contributed by atoms with Crippen LogP contribution in [0.25, 0.3) is 120 Å². The summed E-state index contributed by atoms with van der Waals surface area (Å²) in [5.74, 6) is 1.86. The Bertz CT molecular complexity index is 3630. The lowest BCUT2D eigenvalue weighted by molar-refractivity contribution is 1.08. The van der Waals surface area contributed by atoms with Gasteiger partial charge in [0.25, 0.3) is 0 Å². The van der Waals surface area contributed by atoms with E-state index in [1.807, 2.05) is 18.2 Å². The Morgan fingerprint density at radius 1 is 0.305 bits per heavy atom. The molecular formula is C54H32N4S. The van der Waals surface area contributed by atoms with E-state index >= 15 is 0 Å². The van der Waals surface area contributed by atoms with Gasteiger partial charge in [-0.25, -0.2) is 19.9 Å². The molecule has 0 fully saturated rings. The molecule has 9 aromatic carbocycles. The van der Waals surface area contributed by atoms with Crippen molar-refractivity contribution in [1.82, 2.24) is 19.9 Å². The molecule has 0 saturated carbocycles. The van der Waals surface area contributed by atoms with Gasteiger partial charge in [0, 0.05) is 43.1 Å². The van der Waals surface area contributed by atoms with E-state index in [-0.39, 0.29) is 0 Å². The van der Waals surface area contributed by atoms with Crippen molar-refractivity contribution in [1.29, 1.82) is 0 Å². The summed E-state index contributed by atoms with van der Waals surface area (Å²) in [6.07, 6.45) is 0. The first-order valence-electron chi connectivity index (χ1n) is 19.8. The number of benzene rings is 9. The molecule has 12 aromatic rings. The maximum Gasteiger partial charge on any atom is 0.164 e. The van der Waals surface area contributed by atoms with Crippen LogP contribution in [0.2, 0.25) is 0 Å². The van der Waals surface area contributed by atoms with Crippen LogP contribution in [0.1, 0.15) is 0 Å². The predicted octanol–water partition coefficient (Wildman–Crippen LogP) is 14.6. The minimum absolute atomic E-state index is 0.608. The fraction of sp³-hybridized carbons (Fsp3) is 0. The minimum atomic E-state index is 0.608. The number of thiophene rings is 1. The van der Waals surface area contributed by atoms with E-state index in [1.165, 1.54) is 52.8 Å². The highest BCUT2D eigenvalue weighted by atomic mass is 32.1. The second-order valence-electron chi connectivity index (χ2n) is 15.0. The standard InChI is InChI=1S/C54H32N4S/c1-2-14-34(15-3-1)52-56-53(38-17-12-16-37(32-38)49-44-21-8-9-22-45(44)51-50(55-49)47-23-10-11-24-48(47)59-51)58-54(57-52)46-30-29-41(42-19-6-7-20-43(42)46)36-27-28-40-35(31-36)26-25-33-13-4-5-18-39(33)40/h1-32H. The Morgan fingerprint density at radius 3 is 1.75 bits per heavy atom. The van der Waals surface area contributed by atoms with E-state index < -0.39 is 0 Å². The molecule has 12 rings (SSSR count). The monoisotopic (exact) mass is 768 g/mol. The Morgan fingerprint density at radius 2 is 0.898 bits per heavy atom. The Balaban J connectivity index is 1.02. The van der Waals surface area contributed by atoms with Gasteiger partial charge in [-0.05, 0) is 67.7 Å². The molecule has 0 saturated heterocycles. The molecule has 0 bridgehead atoms. The van der Waals surface area contributed by atoms with Crippen molar-refractivity contribution in [2.75, 3.05) is 0 Å². The first kappa shape index (κ1) is 33.5. The zero-order valence-electron chi connectivity index (χ0n) is 31.7. The van der Waals surface area contributed by atoms with Crippen LogP contribution in [0.4, 0.5) is 0 Å². The summed E-state index contributed by atoms with van der Waals surface area (Å²) in [7, 11) is 0. The third-order valence-electron chi connectivity index (χ3n) is 11.5. The molecule has 274 valence electrons. The quantitative estimate of drug-likeness (QED) is 0.164. The van der Waals surface area contributed by atoms with Crippen molar-refractivity contribution in [3.63, 3.8) is 0 Å². The van der Waals surface area contributed by atoms with Crippen LogP contribution in [0, 0.1) is 0 Å². The zero-order valence-corrected chi connectivity index (χ0v) is 32.5. The van der Waals surface area contributed by atoms with Crippen LogP contribution in [-0.2, 0) is 0 Å². The van der Waals surface area contributed by atoms with Gasteiger partial charge in [-0.1, -0.05) is 170 Å². The average Bonchev–Trinajstić information content (AvgIpc) is 3.70. The van der Waals surface area contributed by atoms with Gasteiger partial charge in [0.15, 0.2) is 17.5 Å². The molecule has 59 heavy (non-hydrogen) atoms.